The quantitative estimate of drug-likeness (QED) is 0.205. The van der Waals surface area contributed by atoms with Crippen molar-refractivity contribution in [3.8, 4) is 11.8 Å². The summed E-state index contributed by atoms with van der Waals surface area (Å²) in [6.45, 7) is 0. The number of hydrogen-bond donors (Lipinski definition) is 0. The zero-order valence-corrected chi connectivity index (χ0v) is 10.3. The second kappa shape index (κ2) is 6.91. The average Bonchev–Trinajstić information content (AvgIpc) is 2.43. The molecule has 0 aliphatic rings. The molecule has 0 heterocycles. The van der Waals surface area contributed by atoms with Crippen LogP contribution in [-0.2, 0) is 14.4 Å². The Bertz CT molecular complexity index is 567. The first-order valence-electron chi connectivity index (χ1n) is 5.10. The number of Topliss-reactive ketones (excluding diaryl/α,β-unsaturated/α-hetero) is 1. The van der Waals surface area contributed by atoms with E-state index in [1.165, 1.54) is 19.2 Å². The van der Waals surface area contributed by atoms with Crippen LogP contribution in [0.5, 0.6) is 0 Å². The van der Waals surface area contributed by atoms with Crippen LogP contribution in [0.3, 0.4) is 0 Å². The fraction of sp³-hybridized carbons (Fsp3) is 0.154. The molecule has 0 unspecified atom stereocenters. The number of benzene rings is 1. The summed E-state index contributed by atoms with van der Waals surface area (Å²) < 4.78 is 17.1. The summed E-state index contributed by atoms with van der Waals surface area (Å²) in [4.78, 5) is 27.2. The Morgan fingerprint density at radius 2 is 1.79 bits per heavy atom. The molecular formula is C13H10FNO4. The summed E-state index contributed by atoms with van der Waals surface area (Å²) in [5.74, 6) is 2.58. The lowest BCUT2D eigenvalue weighted by Gasteiger charge is -1.95. The van der Waals surface area contributed by atoms with Gasteiger partial charge < -0.3 is 9.57 Å². The minimum absolute atomic E-state index is 0.204. The number of methoxy groups -OCH3 is 1. The van der Waals surface area contributed by atoms with Crippen molar-refractivity contribution in [2.75, 3.05) is 14.2 Å². The van der Waals surface area contributed by atoms with E-state index >= 15 is 0 Å². The van der Waals surface area contributed by atoms with E-state index in [4.69, 9.17) is 0 Å². The maximum atomic E-state index is 12.7. The standard InChI is InChI=1S/C13H10FNO4/c1-18-13(17)11(15-19-2)7-8-12(16)9-3-5-10(14)6-4-9/h3-6H,1-2H3. The van der Waals surface area contributed by atoms with Crippen molar-refractivity contribution in [1.29, 1.82) is 0 Å². The number of carbonyl (C=O) groups excluding carboxylic acids is 2. The minimum atomic E-state index is -0.818. The Morgan fingerprint density at radius 3 is 2.32 bits per heavy atom. The van der Waals surface area contributed by atoms with E-state index in [0.29, 0.717) is 0 Å². The SMILES string of the molecule is CON=C(C#CC(=O)c1ccc(F)cc1)C(=O)OC. The summed E-state index contributed by atoms with van der Waals surface area (Å²) in [7, 11) is 2.38. The van der Waals surface area contributed by atoms with Crippen molar-refractivity contribution in [1.82, 2.24) is 0 Å². The first-order valence-corrected chi connectivity index (χ1v) is 5.10. The van der Waals surface area contributed by atoms with Crippen molar-refractivity contribution in [2.24, 2.45) is 5.16 Å². The highest BCUT2D eigenvalue weighted by Gasteiger charge is 2.10. The molecule has 0 bridgehead atoms. The summed E-state index contributed by atoms with van der Waals surface area (Å²) >= 11 is 0. The highest BCUT2D eigenvalue weighted by atomic mass is 19.1. The summed E-state index contributed by atoms with van der Waals surface area (Å²) in [6.07, 6.45) is 0. The molecule has 0 amide bonds. The first kappa shape index (κ1) is 14.4. The third-order valence-electron chi connectivity index (χ3n) is 1.96. The van der Waals surface area contributed by atoms with Crippen LogP contribution in [0.15, 0.2) is 29.4 Å². The highest BCUT2D eigenvalue weighted by Crippen LogP contribution is 2.02. The highest BCUT2D eigenvalue weighted by molar-refractivity contribution is 6.44. The van der Waals surface area contributed by atoms with Gasteiger partial charge in [0.15, 0.2) is 0 Å². The van der Waals surface area contributed by atoms with Gasteiger partial charge in [0.2, 0.25) is 11.5 Å². The third kappa shape index (κ3) is 4.24. The van der Waals surface area contributed by atoms with Gasteiger partial charge in [-0.05, 0) is 36.1 Å². The molecule has 0 saturated carbocycles. The summed E-state index contributed by atoms with van der Waals surface area (Å²) in [5, 5.41) is 3.33. The van der Waals surface area contributed by atoms with E-state index in [0.717, 1.165) is 19.2 Å². The van der Waals surface area contributed by atoms with Crippen molar-refractivity contribution in [3.63, 3.8) is 0 Å². The molecule has 0 N–H and O–H groups in total. The maximum Gasteiger partial charge on any atom is 0.368 e. The van der Waals surface area contributed by atoms with Crippen LogP contribution in [0.2, 0.25) is 0 Å². The number of halogens is 1. The number of hydrogen-bond acceptors (Lipinski definition) is 5. The Hall–Kier alpha value is -2.68. The van der Waals surface area contributed by atoms with Crippen LogP contribution in [0.1, 0.15) is 10.4 Å². The Morgan fingerprint density at radius 1 is 1.16 bits per heavy atom. The summed E-state index contributed by atoms with van der Waals surface area (Å²) in [6, 6.07) is 4.86. The predicted molar refractivity (Wildman–Crippen MR) is 65.0 cm³/mol. The lowest BCUT2D eigenvalue weighted by atomic mass is 10.1. The normalized spacial score (nSPS) is 10.2. The van der Waals surface area contributed by atoms with E-state index in [2.05, 4.69) is 26.6 Å². The van der Waals surface area contributed by atoms with E-state index in [1.54, 1.807) is 0 Å². The maximum absolute atomic E-state index is 12.7. The molecule has 1 aromatic rings. The number of esters is 1. The van der Waals surface area contributed by atoms with Crippen molar-refractivity contribution < 1.29 is 23.6 Å². The third-order valence-corrected chi connectivity index (χ3v) is 1.96. The van der Waals surface area contributed by atoms with Gasteiger partial charge in [-0.1, -0.05) is 5.16 Å². The molecule has 5 nitrogen and oxygen atoms in total. The molecule has 0 fully saturated rings. The fourth-order valence-electron chi connectivity index (χ4n) is 1.09. The van der Waals surface area contributed by atoms with E-state index in [-0.39, 0.29) is 11.3 Å². The van der Waals surface area contributed by atoms with Gasteiger partial charge >= 0.3 is 5.97 Å². The molecule has 0 saturated heterocycles. The van der Waals surface area contributed by atoms with Gasteiger partial charge in [0.25, 0.3) is 0 Å². The van der Waals surface area contributed by atoms with Crippen molar-refractivity contribution >= 4 is 17.5 Å². The van der Waals surface area contributed by atoms with Crippen LogP contribution in [0.25, 0.3) is 0 Å². The molecule has 19 heavy (non-hydrogen) atoms. The molecule has 98 valence electrons. The Balaban J connectivity index is 2.92. The minimum Gasteiger partial charge on any atom is -0.464 e. The van der Waals surface area contributed by atoms with Gasteiger partial charge in [0, 0.05) is 5.56 Å². The number of nitrogens with zero attached hydrogens (tertiary/aromatic N) is 1. The monoisotopic (exact) mass is 263 g/mol. The molecule has 6 heteroatoms. The van der Waals surface area contributed by atoms with Crippen molar-refractivity contribution in [2.45, 2.75) is 0 Å². The van der Waals surface area contributed by atoms with Crippen LogP contribution >= 0.6 is 0 Å². The van der Waals surface area contributed by atoms with Gasteiger partial charge in [-0.3, -0.25) is 4.79 Å². The smallest absolute Gasteiger partial charge is 0.368 e. The fourth-order valence-corrected chi connectivity index (χ4v) is 1.09. The van der Waals surface area contributed by atoms with Crippen LogP contribution in [0.4, 0.5) is 4.39 Å². The molecular weight excluding hydrogens is 253 g/mol. The van der Waals surface area contributed by atoms with Crippen LogP contribution in [-0.4, -0.2) is 31.7 Å². The molecule has 0 atom stereocenters. The molecule has 1 rings (SSSR count). The number of carbonyl (C=O) groups is 2. The number of oxime groups is 1. The number of ketones is 1. The second-order valence-corrected chi connectivity index (χ2v) is 3.20. The van der Waals surface area contributed by atoms with Crippen LogP contribution < -0.4 is 0 Å². The molecule has 0 aromatic heterocycles. The Kier molecular flexibility index (Phi) is 5.23. The second-order valence-electron chi connectivity index (χ2n) is 3.20. The molecule has 0 aliphatic carbocycles. The zero-order chi connectivity index (χ0) is 14.3. The molecule has 1 aromatic carbocycles. The average molecular weight is 263 g/mol. The number of rotatable bonds is 3. The van der Waals surface area contributed by atoms with E-state index in [9.17, 15) is 14.0 Å². The van der Waals surface area contributed by atoms with Gasteiger partial charge in [-0.2, -0.15) is 0 Å². The molecule has 0 spiro atoms. The number of ether oxygens (including phenoxy) is 1. The van der Waals surface area contributed by atoms with E-state index in [1.807, 2.05) is 0 Å². The van der Waals surface area contributed by atoms with Gasteiger partial charge in [0.1, 0.15) is 12.9 Å². The predicted octanol–water partition coefficient (Wildman–Crippen LogP) is 1.19. The van der Waals surface area contributed by atoms with Gasteiger partial charge in [-0.15, -0.1) is 0 Å². The molecule has 0 radical (unpaired) electrons. The topological polar surface area (TPSA) is 65.0 Å². The lowest BCUT2D eigenvalue weighted by molar-refractivity contribution is -0.132. The molecule has 0 aliphatic heterocycles. The summed E-state index contributed by atoms with van der Waals surface area (Å²) in [5.41, 5.74) is -0.129. The zero-order valence-electron chi connectivity index (χ0n) is 10.3. The lowest BCUT2D eigenvalue weighted by Crippen LogP contribution is -2.14. The largest absolute Gasteiger partial charge is 0.464 e. The van der Waals surface area contributed by atoms with Crippen LogP contribution in [0, 0.1) is 17.7 Å². The first-order chi connectivity index (χ1) is 9.08. The van der Waals surface area contributed by atoms with Gasteiger partial charge in [0.05, 0.1) is 7.11 Å². The Labute approximate surface area is 109 Å². The van der Waals surface area contributed by atoms with Crippen molar-refractivity contribution in [3.05, 3.63) is 35.6 Å². The van der Waals surface area contributed by atoms with E-state index < -0.39 is 17.6 Å². The van der Waals surface area contributed by atoms with Gasteiger partial charge in [-0.25, -0.2) is 9.18 Å².